The molecule has 0 aromatic heterocycles. The molecule has 0 bridgehead atoms. The standard InChI is InChI=1S/C17H17N3OS/c21-17(13-7-3-1-4-8-13)18-15-11-22-12-16(15)20-19-14-9-5-2-6-10-14/h1-10,15,19H,11-12H2,(H,18,21)/b20-16-/t15-/m0/s1. The van der Waals surface area contributed by atoms with Crippen LogP contribution >= 0.6 is 11.8 Å². The average molecular weight is 311 g/mol. The Labute approximate surface area is 134 Å². The Morgan fingerprint density at radius 1 is 1.05 bits per heavy atom. The van der Waals surface area contributed by atoms with E-state index in [1.165, 1.54) is 0 Å². The number of para-hydroxylation sites is 1. The van der Waals surface area contributed by atoms with Crippen LogP contribution in [-0.2, 0) is 0 Å². The summed E-state index contributed by atoms with van der Waals surface area (Å²) in [6.07, 6.45) is 0. The molecule has 1 amide bonds. The maximum atomic E-state index is 12.2. The fourth-order valence-corrected chi connectivity index (χ4v) is 3.30. The fraction of sp³-hybridized carbons (Fsp3) is 0.176. The Morgan fingerprint density at radius 3 is 2.45 bits per heavy atom. The van der Waals surface area contributed by atoms with E-state index in [0.717, 1.165) is 22.9 Å². The topological polar surface area (TPSA) is 53.5 Å². The first-order chi connectivity index (χ1) is 10.8. The van der Waals surface area contributed by atoms with Crippen molar-refractivity contribution in [2.24, 2.45) is 5.10 Å². The summed E-state index contributed by atoms with van der Waals surface area (Å²) < 4.78 is 0. The van der Waals surface area contributed by atoms with E-state index in [1.54, 1.807) is 11.8 Å². The largest absolute Gasteiger partial charge is 0.343 e. The summed E-state index contributed by atoms with van der Waals surface area (Å²) in [7, 11) is 0. The third kappa shape index (κ3) is 3.68. The van der Waals surface area contributed by atoms with E-state index in [9.17, 15) is 4.79 Å². The van der Waals surface area contributed by atoms with E-state index >= 15 is 0 Å². The van der Waals surface area contributed by atoms with Gasteiger partial charge in [0.15, 0.2) is 0 Å². The highest BCUT2D eigenvalue weighted by Crippen LogP contribution is 2.17. The molecule has 112 valence electrons. The smallest absolute Gasteiger partial charge is 0.251 e. The van der Waals surface area contributed by atoms with Crippen molar-refractivity contribution in [1.82, 2.24) is 5.32 Å². The minimum atomic E-state index is -0.0551. The minimum absolute atomic E-state index is 0.0195. The van der Waals surface area contributed by atoms with Gasteiger partial charge in [-0.05, 0) is 24.3 Å². The molecular formula is C17H17N3OS. The average Bonchev–Trinajstić information content (AvgIpc) is 3.02. The van der Waals surface area contributed by atoms with Gasteiger partial charge in [-0.2, -0.15) is 16.9 Å². The lowest BCUT2D eigenvalue weighted by molar-refractivity contribution is 0.0950. The van der Waals surface area contributed by atoms with Gasteiger partial charge in [-0.3, -0.25) is 10.2 Å². The summed E-state index contributed by atoms with van der Waals surface area (Å²) in [4.78, 5) is 12.2. The van der Waals surface area contributed by atoms with Crippen LogP contribution in [0.2, 0.25) is 0 Å². The number of rotatable bonds is 4. The normalized spacial score (nSPS) is 19.1. The van der Waals surface area contributed by atoms with Crippen molar-refractivity contribution in [3.8, 4) is 0 Å². The summed E-state index contributed by atoms with van der Waals surface area (Å²) in [6, 6.07) is 19.1. The van der Waals surface area contributed by atoms with Crippen molar-refractivity contribution in [1.29, 1.82) is 0 Å². The first-order valence-corrected chi connectivity index (χ1v) is 8.29. The van der Waals surface area contributed by atoms with E-state index in [4.69, 9.17) is 0 Å². The predicted molar refractivity (Wildman–Crippen MR) is 92.5 cm³/mol. The molecule has 2 aromatic carbocycles. The van der Waals surface area contributed by atoms with Crippen LogP contribution in [0.5, 0.6) is 0 Å². The molecule has 2 aromatic rings. The van der Waals surface area contributed by atoms with E-state index in [0.29, 0.717) is 5.56 Å². The maximum Gasteiger partial charge on any atom is 0.251 e. The van der Waals surface area contributed by atoms with Crippen LogP contribution in [0.25, 0.3) is 0 Å². The quantitative estimate of drug-likeness (QED) is 0.854. The van der Waals surface area contributed by atoms with Gasteiger partial charge in [0.1, 0.15) is 0 Å². The molecule has 0 aliphatic carbocycles. The molecule has 0 spiro atoms. The summed E-state index contributed by atoms with van der Waals surface area (Å²) >= 11 is 1.78. The van der Waals surface area contributed by atoms with Crippen LogP contribution in [0, 0.1) is 0 Å². The van der Waals surface area contributed by atoms with Crippen molar-refractivity contribution in [2.75, 3.05) is 16.9 Å². The first kappa shape index (κ1) is 14.7. The molecule has 0 saturated carbocycles. The third-order valence-corrected chi connectivity index (χ3v) is 4.45. The van der Waals surface area contributed by atoms with E-state index in [-0.39, 0.29) is 11.9 Å². The van der Waals surface area contributed by atoms with Gasteiger partial charge in [0.2, 0.25) is 0 Å². The molecule has 5 heteroatoms. The number of hydrogen-bond acceptors (Lipinski definition) is 4. The van der Waals surface area contributed by atoms with Crippen molar-refractivity contribution < 1.29 is 4.79 Å². The highest BCUT2D eigenvalue weighted by molar-refractivity contribution is 8.00. The minimum Gasteiger partial charge on any atom is -0.343 e. The molecule has 3 rings (SSSR count). The zero-order valence-electron chi connectivity index (χ0n) is 12.0. The molecule has 0 radical (unpaired) electrons. The molecule has 4 nitrogen and oxygen atoms in total. The predicted octanol–water partition coefficient (Wildman–Crippen LogP) is 3.00. The number of amides is 1. The van der Waals surface area contributed by atoms with Crippen molar-refractivity contribution in [3.63, 3.8) is 0 Å². The van der Waals surface area contributed by atoms with Gasteiger partial charge < -0.3 is 5.32 Å². The van der Waals surface area contributed by atoms with Crippen LogP contribution in [0.1, 0.15) is 10.4 Å². The van der Waals surface area contributed by atoms with Crippen LogP contribution in [0.3, 0.4) is 0 Å². The maximum absolute atomic E-state index is 12.2. The fourth-order valence-electron chi connectivity index (χ4n) is 2.19. The lowest BCUT2D eigenvalue weighted by atomic mass is 10.1. The summed E-state index contributed by atoms with van der Waals surface area (Å²) in [5.74, 6) is 1.63. The molecular weight excluding hydrogens is 294 g/mol. The van der Waals surface area contributed by atoms with E-state index in [2.05, 4.69) is 15.8 Å². The Kier molecular flexibility index (Phi) is 4.75. The van der Waals surface area contributed by atoms with Crippen LogP contribution in [-0.4, -0.2) is 29.2 Å². The van der Waals surface area contributed by atoms with Crippen LogP contribution in [0.15, 0.2) is 65.8 Å². The monoisotopic (exact) mass is 311 g/mol. The number of hydrogen-bond donors (Lipinski definition) is 2. The van der Waals surface area contributed by atoms with Crippen molar-refractivity contribution in [3.05, 3.63) is 66.2 Å². The molecule has 2 N–H and O–H groups in total. The summed E-state index contributed by atoms with van der Waals surface area (Å²) in [5, 5.41) is 7.50. The Hall–Kier alpha value is -2.27. The van der Waals surface area contributed by atoms with E-state index in [1.807, 2.05) is 60.7 Å². The Balaban J connectivity index is 1.64. The molecule has 1 fully saturated rings. The number of thioether (sulfide) groups is 1. The number of hydrazone groups is 1. The van der Waals surface area contributed by atoms with Gasteiger partial charge in [0.05, 0.1) is 17.4 Å². The third-order valence-electron chi connectivity index (χ3n) is 3.38. The van der Waals surface area contributed by atoms with Crippen LogP contribution in [0.4, 0.5) is 5.69 Å². The first-order valence-electron chi connectivity index (χ1n) is 7.14. The molecule has 1 saturated heterocycles. The molecule has 0 unspecified atom stereocenters. The van der Waals surface area contributed by atoms with Crippen LogP contribution < -0.4 is 10.7 Å². The number of benzene rings is 2. The molecule has 1 aliphatic rings. The number of nitrogens with one attached hydrogen (secondary N) is 2. The molecule has 1 heterocycles. The lowest BCUT2D eigenvalue weighted by Crippen LogP contribution is -2.40. The number of nitrogens with zero attached hydrogens (tertiary/aromatic N) is 1. The highest BCUT2D eigenvalue weighted by Gasteiger charge is 2.25. The summed E-state index contributed by atoms with van der Waals surface area (Å²) in [6.45, 7) is 0. The lowest BCUT2D eigenvalue weighted by Gasteiger charge is -2.13. The second kappa shape index (κ2) is 7.13. The molecule has 22 heavy (non-hydrogen) atoms. The van der Waals surface area contributed by atoms with Gasteiger partial charge in [-0.25, -0.2) is 0 Å². The van der Waals surface area contributed by atoms with Crippen molar-refractivity contribution >= 4 is 29.1 Å². The number of anilines is 1. The van der Waals surface area contributed by atoms with Gasteiger partial charge in [0.25, 0.3) is 5.91 Å². The zero-order chi connectivity index (χ0) is 15.2. The second-order valence-corrected chi connectivity index (χ2v) is 6.02. The Bertz CT molecular complexity index is 658. The highest BCUT2D eigenvalue weighted by atomic mass is 32.2. The van der Waals surface area contributed by atoms with E-state index < -0.39 is 0 Å². The molecule has 1 atom stereocenters. The van der Waals surface area contributed by atoms with Gasteiger partial charge >= 0.3 is 0 Å². The summed E-state index contributed by atoms with van der Waals surface area (Å²) in [5.41, 5.74) is 5.64. The SMILES string of the molecule is O=C(N[C@H]1CSC/C1=N/Nc1ccccc1)c1ccccc1. The zero-order valence-corrected chi connectivity index (χ0v) is 12.8. The van der Waals surface area contributed by atoms with Gasteiger partial charge in [0, 0.05) is 17.1 Å². The molecule has 1 aliphatic heterocycles. The number of carbonyl (C=O) groups excluding carboxylic acids is 1. The number of carbonyl (C=O) groups is 1. The van der Waals surface area contributed by atoms with Gasteiger partial charge in [-0.1, -0.05) is 36.4 Å². The van der Waals surface area contributed by atoms with Gasteiger partial charge in [-0.15, -0.1) is 0 Å². The van der Waals surface area contributed by atoms with Crippen molar-refractivity contribution in [2.45, 2.75) is 6.04 Å². The Morgan fingerprint density at radius 2 is 1.73 bits per heavy atom. The second-order valence-electron chi connectivity index (χ2n) is 4.99.